The van der Waals surface area contributed by atoms with E-state index in [2.05, 4.69) is 46.4 Å². The van der Waals surface area contributed by atoms with Crippen LogP contribution in [0.4, 0.5) is 0 Å². The zero-order valence-corrected chi connectivity index (χ0v) is 19.1. The van der Waals surface area contributed by atoms with Crippen molar-refractivity contribution >= 4 is 23.0 Å². The minimum atomic E-state index is -0.208. The molecule has 2 amide bonds. The third-order valence-electron chi connectivity index (χ3n) is 6.05. The number of benzene rings is 1. The molecule has 2 aromatic heterocycles. The topological polar surface area (TPSA) is 109 Å². The van der Waals surface area contributed by atoms with Gasteiger partial charge in [0.25, 0.3) is 5.91 Å². The minimum Gasteiger partial charge on any atom is -0.437 e. The number of nitrogens with one attached hydrogen (secondary N) is 3. The van der Waals surface area contributed by atoms with Crippen LogP contribution in [-0.2, 0) is 11.2 Å². The lowest BCUT2D eigenvalue weighted by Crippen LogP contribution is -2.41. The van der Waals surface area contributed by atoms with E-state index in [1.807, 2.05) is 25.1 Å². The first-order valence-corrected chi connectivity index (χ1v) is 10.8. The Labute approximate surface area is 187 Å². The number of H-pyrrole nitrogens is 1. The molecule has 2 atom stereocenters. The lowest BCUT2D eigenvalue weighted by atomic mass is 9.88. The summed E-state index contributed by atoms with van der Waals surface area (Å²) in [4.78, 5) is 36.2. The van der Waals surface area contributed by atoms with Crippen molar-refractivity contribution in [2.75, 3.05) is 0 Å². The van der Waals surface area contributed by atoms with Gasteiger partial charge < -0.3 is 20.4 Å². The Morgan fingerprint density at radius 1 is 1.28 bits per heavy atom. The smallest absolute Gasteiger partial charge is 0.255 e. The molecule has 168 valence electrons. The average Bonchev–Trinajstić information content (AvgIpc) is 3.31. The van der Waals surface area contributed by atoms with Gasteiger partial charge in [-0.05, 0) is 48.4 Å². The van der Waals surface area contributed by atoms with E-state index in [-0.39, 0.29) is 29.3 Å². The molecule has 4 rings (SSSR count). The lowest BCUT2D eigenvalue weighted by molar-refractivity contribution is -0.119. The van der Waals surface area contributed by atoms with Gasteiger partial charge in [-0.1, -0.05) is 26.8 Å². The summed E-state index contributed by atoms with van der Waals surface area (Å²) in [5.41, 5.74) is 3.60. The molecule has 0 saturated heterocycles. The van der Waals surface area contributed by atoms with Crippen LogP contribution in [0.25, 0.3) is 11.2 Å². The van der Waals surface area contributed by atoms with Crippen LogP contribution in [0.15, 0.2) is 30.6 Å². The number of aromatic amines is 1. The second-order valence-electron chi connectivity index (χ2n) is 9.42. The van der Waals surface area contributed by atoms with Crippen molar-refractivity contribution in [3.63, 3.8) is 0 Å². The first-order chi connectivity index (χ1) is 15.1. The predicted octanol–water partition coefficient (Wildman–Crippen LogP) is 4.04. The molecule has 3 N–H and O–H groups in total. The average molecular weight is 436 g/mol. The molecular weight excluding hydrogens is 406 g/mol. The Balaban J connectivity index is 1.57. The van der Waals surface area contributed by atoms with E-state index in [9.17, 15) is 9.59 Å². The van der Waals surface area contributed by atoms with Crippen LogP contribution in [-0.4, -0.2) is 32.8 Å². The lowest BCUT2D eigenvalue weighted by Gasteiger charge is -2.27. The summed E-state index contributed by atoms with van der Waals surface area (Å²) >= 11 is 0. The van der Waals surface area contributed by atoms with Gasteiger partial charge in [0.05, 0.1) is 17.8 Å². The van der Waals surface area contributed by atoms with Crippen LogP contribution in [0, 0.1) is 5.41 Å². The third-order valence-corrected chi connectivity index (χ3v) is 6.05. The van der Waals surface area contributed by atoms with Gasteiger partial charge in [-0.25, -0.2) is 9.97 Å². The Hall–Kier alpha value is -3.42. The third kappa shape index (κ3) is 4.44. The van der Waals surface area contributed by atoms with E-state index in [0.29, 0.717) is 28.4 Å². The molecule has 1 aliphatic carbocycles. The molecule has 0 saturated carbocycles. The van der Waals surface area contributed by atoms with Crippen molar-refractivity contribution in [2.24, 2.45) is 5.41 Å². The van der Waals surface area contributed by atoms with Gasteiger partial charge in [0, 0.05) is 19.2 Å². The molecule has 32 heavy (non-hydrogen) atoms. The molecule has 0 unspecified atom stereocenters. The number of aromatic nitrogens is 3. The van der Waals surface area contributed by atoms with Crippen LogP contribution >= 0.6 is 0 Å². The van der Waals surface area contributed by atoms with Crippen LogP contribution in [0.5, 0.6) is 11.6 Å². The highest BCUT2D eigenvalue weighted by Crippen LogP contribution is 2.35. The summed E-state index contributed by atoms with van der Waals surface area (Å²) in [6, 6.07) is 5.81. The minimum absolute atomic E-state index is 0.00982. The number of hydrogen-bond acceptors (Lipinski definition) is 5. The molecule has 8 heteroatoms. The van der Waals surface area contributed by atoms with Gasteiger partial charge in [-0.2, -0.15) is 0 Å². The maximum absolute atomic E-state index is 12.8. The summed E-state index contributed by atoms with van der Waals surface area (Å²) in [5.74, 6) is 0.645. The van der Waals surface area contributed by atoms with E-state index < -0.39 is 0 Å². The van der Waals surface area contributed by atoms with Crippen LogP contribution < -0.4 is 15.4 Å². The van der Waals surface area contributed by atoms with E-state index >= 15 is 0 Å². The summed E-state index contributed by atoms with van der Waals surface area (Å²) in [6.45, 7) is 9.73. The summed E-state index contributed by atoms with van der Waals surface area (Å²) < 4.78 is 5.97. The van der Waals surface area contributed by atoms with Crippen molar-refractivity contribution in [2.45, 2.75) is 59.5 Å². The number of aryl methyl sites for hydroxylation is 1. The number of fused-ring (bicyclic) bond motifs is 2. The van der Waals surface area contributed by atoms with Crippen molar-refractivity contribution in [3.8, 4) is 11.6 Å². The number of nitrogens with zero attached hydrogens (tertiary/aromatic N) is 2. The van der Waals surface area contributed by atoms with Crippen LogP contribution in [0.2, 0.25) is 0 Å². The fourth-order valence-electron chi connectivity index (χ4n) is 3.75. The molecular formula is C24H29N5O3. The first kappa shape index (κ1) is 21.8. The second kappa shape index (κ2) is 8.26. The van der Waals surface area contributed by atoms with E-state index in [0.717, 1.165) is 18.4 Å². The predicted molar refractivity (Wildman–Crippen MR) is 122 cm³/mol. The molecule has 0 aliphatic heterocycles. The van der Waals surface area contributed by atoms with E-state index in [4.69, 9.17) is 4.74 Å². The Bertz CT molecular complexity index is 1180. The van der Waals surface area contributed by atoms with Crippen molar-refractivity contribution in [3.05, 3.63) is 47.3 Å². The van der Waals surface area contributed by atoms with Crippen LogP contribution in [0.1, 0.15) is 68.6 Å². The highest BCUT2D eigenvalue weighted by Gasteiger charge is 2.25. The Morgan fingerprint density at radius 2 is 2.06 bits per heavy atom. The number of rotatable bonds is 5. The number of carbonyl (C=O) groups is 2. The van der Waals surface area contributed by atoms with E-state index in [1.54, 1.807) is 6.20 Å². The largest absolute Gasteiger partial charge is 0.437 e. The fraction of sp³-hybridized carbons (Fsp3) is 0.417. The van der Waals surface area contributed by atoms with Gasteiger partial charge >= 0.3 is 0 Å². The van der Waals surface area contributed by atoms with Gasteiger partial charge in [0.1, 0.15) is 11.3 Å². The highest BCUT2D eigenvalue weighted by molar-refractivity contribution is 6.04. The standard InChI is InChI=1S/C24H29N5O3/c1-13(24(3,4)5)27-23(31)18-11-25-22-21(18)29-20(12-26-22)32-16-8-6-15-7-9-19(17(15)10-16)28-14(2)30/h6,8,10-13,19H,7,9H2,1-5H3,(H,25,26)(H,27,31)(H,28,30)/t13-,19+/m0/s1. The Morgan fingerprint density at radius 3 is 2.78 bits per heavy atom. The number of amides is 2. The van der Waals surface area contributed by atoms with Gasteiger partial charge in [0.2, 0.25) is 11.8 Å². The van der Waals surface area contributed by atoms with Gasteiger partial charge in [-0.15, -0.1) is 0 Å². The molecule has 8 nitrogen and oxygen atoms in total. The van der Waals surface area contributed by atoms with Crippen LogP contribution in [0.3, 0.4) is 0 Å². The van der Waals surface area contributed by atoms with Crippen molar-refractivity contribution < 1.29 is 14.3 Å². The maximum atomic E-state index is 12.8. The van der Waals surface area contributed by atoms with Gasteiger partial charge in [0.15, 0.2) is 5.65 Å². The van der Waals surface area contributed by atoms with Crippen molar-refractivity contribution in [1.82, 2.24) is 25.6 Å². The number of hydrogen-bond donors (Lipinski definition) is 3. The zero-order valence-electron chi connectivity index (χ0n) is 19.1. The number of carbonyl (C=O) groups excluding carboxylic acids is 2. The highest BCUT2D eigenvalue weighted by atomic mass is 16.5. The number of ether oxygens (including phenoxy) is 1. The normalized spacial score (nSPS) is 16.5. The summed E-state index contributed by atoms with van der Waals surface area (Å²) in [7, 11) is 0. The first-order valence-electron chi connectivity index (χ1n) is 10.8. The molecule has 0 bridgehead atoms. The summed E-state index contributed by atoms with van der Waals surface area (Å²) in [5, 5.41) is 6.01. The molecule has 2 heterocycles. The molecule has 0 radical (unpaired) electrons. The zero-order chi connectivity index (χ0) is 23.0. The summed E-state index contributed by atoms with van der Waals surface area (Å²) in [6.07, 6.45) is 4.93. The quantitative estimate of drug-likeness (QED) is 0.560. The fourth-order valence-corrected chi connectivity index (χ4v) is 3.75. The monoisotopic (exact) mass is 435 g/mol. The molecule has 1 aromatic carbocycles. The Kier molecular flexibility index (Phi) is 5.62. The van der Waals surface area contributed by atoms with Gasteiger partial charge in [-0.3, -0.25) is 9.59 Å². The van der Waals surface area contributed by atoms with Crippen molar-refractivity contribution in [1.29, 1.82) is 0 Å². The molecule has 1 aliphatic rings. The molecule has 0 spiro atoms. The molecule has 0 fully saturated rings. The van der Waals surface area contributed by atoms with E-state index in [1.165, 1.54) is 18.7 Å². The maximum Gasteiger partial charge on any atom is 0.255 e. The SMILES string of the molecule is CC(=O)N[C@@H]1CCc2ccc(Oc3cnc4[nH]cc(C(=O)N[C@@H](C)C(C)(C)C)c4n3)cc21. The molecule has 3 aromatic rings. The second-order valence-corrected chi connectivity index (χ2v) is 9.42.